The van der Waals surface area contributed by atoms with Gasteiger partial charge in [0.25, 0.3) is 0 Å². The standard InChI is InChI=1S/C26H20ClF3N4O4/c27-18-4-1-12(9-17(18)26(28,29)30)33-25(36)32-11-16-22-15-10-13(2-5-19(15)38-23(16)22)37-20-7-8-31-24-14(20)3-6-21(35)34-24/h1-2,4-5,7-10,16,22-23H,3,6,11H2,(H,31,34,35)(H2,32,33,36)/t16?,22-,23+/m0/s1. The number of pyridine rings is 1. The third-order valence-corrected chi connectivity index (χ3v) is 7.16. The Labute approximate surface area is 219 Å². The fourth-order valence-electron chi connectivity index (χ4n) is 4.94. The number of fused-ring (bicyclic) bond motifs is 4. The molecule has 2 aromatic carbocycles. The summed E-state index contributed by atoms with van der Waals surface area (Å²) in [4.78, 5) is 28.2. The van der Waals surface area contributed by atoms with E-state index < -0.39 is 22.8 Å². The summed E-state index contributed by atoms with van der Waals surface area (Å²) in [6, 6.07) is 9.86. The minimum atomic E-state index is -4.63. The van der Waals surface area contributed by atoms with Crippen molar-refractivity contribution in [2.75, 3.05) is 17.2 Å². The van der Waals surface area contributed by atoms with Crippen LogP contribution in [0.2, 0.25) is 5.02 Å². The maximum Gasteiger partial charge on any atom is 0.417 e. The lowest BCUT2D eigenvalue weighted by atomic mass is 10.1. The fourth-order valence-corrected chi connectivity index (χ4v) is 5.17. The number of rotatable bonds is 5. The molecule has 0 saturated heterocycles. The first-order chi connectivity index (χ1) is 18.2. The van der Waals surface area contributed by atoms with Gasteiger partial charge in [-0.15, -0.1) is 0 Å². The Morgan fingerprint density at radius 3 is 2.84 bits per heavy atom. The Bertz CT molecular complexity index is 1460. The number of hydrogen-bond donors (Lipinski definition) is 3. The molecule has 1 saturated carbocycles. The molecule has 12 heteroatoms. The molecular formula is C26H20ClF3N4O4. The van der Waals surface area contributed by atoms with Gasteiger partial charge in [0.2, 0.25) is 5.91 Å². The molecule has 1 fully saturated rings. The summed E-state index contributed by atoms with van der Waals surface area (Å²) in [5.41, 5.74) is 0.762. The first kappa shape index (κ1) is 24.4. The summed E-state index contributed by atoms with van der Waals surface area (Å²) in [5.74, 6) is 2.48. The molecule has 3 amide bonds. The highest BCUT2D eigenvalue weighted by molar-refractivity contribution is 6.31. The SMILES string of the molecule is O=C1CCc2c(Oc3ccc4c(c3)[C@H]3C(CNC(=O)Nc5ccc(Cl)c(C(F)(F)F)c5)[C@H]3O4)ccnc2N1. The number of ether oxygens (including phenoxy) is 2. The number of anilines is 2. The molecule has 3 atom stereocenters. The summed E-state index contributed by atoms with van der Waals surface area (Å²) in [6.45, 7) is 0.281. The van der Waals surface area contributed by atoms with Gasteiger partial charge in [0.05, 0.1) is 10.6 Å². The topological polar surface area (TPSA) is 102 Å². The van der Waals surface area contributed by atoms with Crippen LogP contribution in [-0.4, -0.2) is 29.6 Å². The second-order valence-corrected chi connectivity index (χ2v) is 9.69. The van der Waals surface area contributed by atoms with E-state index in [4.69, 9.17) is 21.1 Å². The van der Waals surface area contributed by atoms with E-state index in [0.717, 1.165) is 29.0 Å². The second kappa shape index (κ2) is 9.09. The van der Waals surface area contributed by atoms with Gasteiger partial charge in [-0.3, -0.25) is 4.79 Å². The number of aromatic nitrogens is 1. The molecule has 3 heterocycles. The van der Waals surface area contributed by atoms with Crippen molar-refractivity contribution >= 4 is 35.0 Å². The Kier molecular flexibility index (Phi) is 5.82. The number of nitrogens with one attached hydrogen (secondary N) is 3. The van der Waals surface area contributed by atoms with E-state index in [1.54, 1.807) is 18.3 Å². The van der Waals surface area contributed by atoms with Crippen LogP contribution in [0.15, 0.2) is 48.7 Å². The average molecular weight is 545 g/mol. The van der Waals surface area contributed by atoms with Gasteiger partial charge < -0.3 is 25.4 Å². The van der Waals surface area contributed by atoms with Gasteiger partial charge in [-0.05, 0) is 48.9 Å². The van der Waals surface area contributed by atoms with Crippen molar-refractivity contribution in [3.63, 3.8) is 0 Å². The Morgan fingerprint density at radius 1 is 1.18 bits per heavy atom. The maximum absolute atomic E-state index is 13.1. The molecule has 3 aliphatic rings. The Hall–Kier alpha value is -3.99. The number of alkyl halides is 3. The number of carbonyl (C=O) groups excluding carboxylic acids is 2. The highest BCUT2D eigenvalue weighted by Crippen LogP contribution is 2.58. The van der Waals surface area contributed by atoms with E-state index >= 15 is 0 Å². The van der Waals surface area contributed by atoms with Gasteiger partial charge in [0.1, 0.15) is 29.2 Å². The van der Waals surface area contributed by atoms with Gasteiger partial charge >= 0.3 is 12.2 Å². The van der Waals surface area contributed by atoms with E-state index in [1.807, 2.05) is 12.1 Å². The second-order valence-electron chi connectivity index (χ2n) is 9.29. The van der Waals surface area contributed by atoms with Crippen LogP contribution in [0.5, 0.6) is 17.2 Å². The largest absolute Gasteiger partial charge is 0.489 e. The molecule has 0 spiro atoms. The van der Waals surface area contributed by atoms with Crippen molar-refractivity contribution in [1.29, 1.82) is 0 Å². The summed E-state index contributed by atoms with van der Waals surface area (Å²) in [5, 5.41) is 7.42. The number of halogens is 4. The summed E-state index contributed by atoms with van der Waals surface area (Å²) in [6.07, 6.45) is -2.26. The molecule has 3 aromatic rings. The number of nitrogens with zero attached hydrogens (tertiary/aromatic N) is 1. The normalized spacial score (nSPS) is 20.8. The van der Waals surface area contributed by atoms with E-state index in [2.05, 4.69) is 20.9 Å². The Balaban J connectivity index is 1.08. The van der Waals surface area contributed by atoms with Crippen LogP contribution in [0.3, 0.4) is 0 Å². The lowest BCUT2D eigenvalue weighted by Crippen LogP contribution is -2.31. The lowest BCUT2D eigenvalue weighted by Gasteiger charge is -2.19. The van der Waals surface area contributed by atoms with E-state index in [9.17, 15) is 22.8 Å². The number of hydrogen-bond acceptors (Lipinski definition) is 5. The molecule has 3 N–H and O–H groups in total. The molecule has 1 unspecified atom stereocenters. The predicted molar refractivity (Wildman–Crippen MR) is 132 cm³/mol. The summed E-state index contributed by atoms with van der Waals surface area (Å²) in [7, 11) is 0. The zero-order valence-electron chi connectivity index (χ0n) is 19.6. The molecular weight excluding hydrogens is 525 g/mol. The Morgan fingerprint density at radius 2 is 2.03 bits per heavy atom. The number of carbonyl (C=O) groups is 2. The van der Waals surface area contributed by atoms with Gasteiger partial charge in [-0.25, -0.2) is 9.78 Å². The highest BCUT2D eigenvalue weighted by Gasteiger charge is 2.58. The van der Waals surface area contributed by atoms with Crippen LogP contribution in [0.25, 0.3) is 0 Å². The first-order valence-electron chi connectivity index (χ1n) is 11.8. The minimum absolute atomic E-state index is 0.0170. The van der Waals surface area contributed by atoms with Crippen LogP contribution in [0, 0.1) is 5.92 Å². The third-order valence-electron chi connectivity index (χ3n) is 6.83. The lowest BCUT2D eigenvalue weighted by molar-refractivity contribution is -0.137. The molecule has 196 valence electrons. The zero-order valence-corrected chi connectivity index (χ0v) is 20.3. The third kappa shape index (κ3) is 4.58. The van der Waals surface area contributed by atoms with E-state index in [-0.39, 0.29) is 36.1 Å². The van der Waals surface area contributed by atoms with Crippen molar-refractivity contribution in [2.24, 2.45) is 5.92 Å². The van der Waals surface area contributed by atoms with E-state index in [0.29, 0.717) is 30.2 Å². The van der Waals surface area contributed by atoms with Crippen LogP contribution in [0.4, 0.5) is 29.5 Å². The first-order valence-corrected chi connectivity index (χ1v) is 12.2. The number of urea groups is 1. The predicted octanol–water partition coefficient (Wildman–Crippen LogP) is 5.73. The molecule has 1 aliphatic carbocycles. The molecule has 1 aromatic heterocycles. The van der Waals surface area contributed by atoms with Crippen LogP contribution < -0.4 is 25.4 Å². The van der Waals surface area contributed by atoms with Gasteiger partial charge in [0, 0.05) is 47.8 Å². The van der Waals surface area contributed by atoms with Crippen LogP contribution >= 0.6 is 11.6 Å². The molecule has 0 bridgehead atoms. The van der Waals surface area contributed by atoms with Crippen molar-refractivity contribution in [3.8, 4) is 17.2 Å². The maximum atomic E-state index is 13.1. The van der Waals surface area contributed by atoms with Crippen molar-refractivity contribution in [2.45, 2.75) is 31.0 Å². The smallest absolute Gasteiger partial charge is 0.417 e. The minimum Gasteiger partial charge on any atom is -0.489 e. The highest BCUT2D eigenvalue weighted by atomic mass is 35.5. The van der Waals surface area contributed by atoms with Crippen molar-refractivity contribution < 1.29 is 32.2 Å². The van der Waals surface area contributed by atoms with Gasteiger partial charge in [-0.2, -0.15) is 13.2 Å². The molecule has 38 heavy (non-hydrogen) atoms. The number of benzene rings is 2. The van der Waals surface area contributed by atoms with Crippen molar-refractivity contribution in [1.82, 2.24) is 10.3 Å². The monoisotopic (exact) mass is 544 g/mol. The van der Waals surface area contributed by atoms with Crippen LogP contribution in [-0.2, 0) is 17.4 Å². The number of amides is 3. The zero-order chi connectivity index (χ0) is 26.6. The van der Waals surface area contributed by atoms with Gasteiger partial charge in [0.15, 0.2) is 0 Å². The summed E-state index contributed by atoms with van der Waals surface area (Å²) < 4.78 is 51.3. The molecule has 2 aliphatic heterocycles. The van der Waals surface area contributed by atoms with Gasteiger partial charge in [-0.1, -0.05) is 11.6 Å². The van der Waals surface area contributed by atoms with Crippen LogP contribution in [0.1, 0.15) is 29.0 Å². The summed E-state index contributed by atoms with van der Waals surface area (Å²) >= 11 is 5.63. The molecule has 0 radical (unpaired) electrons. The fraction of sp³-hybridized carbons (Fsp3) is 0.269. The average Bonchev–Trinajstić information content (AvgIpc) is 3.42. The van der Waals surface area contributed by atoms with E-state index in [1.165, 1.54) is 6.07 Å². The molecule has 8 nitrogen and oxygen atoms in total. The quantitative estimate of drug-likeness (QED) is 0.381. The van der Waals surface area contributed by atoms with Crippen molar-refractivity contribution in [3.05, 3.63) is 70.4 Å². The molecule has 6 rings (SSSR count).